The third kappa shape index (κ3) is 3.17. The van der Waals surface area contributed by atoms with E-state index in [1.807, 2.05) is 13.8 Å². The number of hydrogen-bond acceptors (Lipinski definition) is 4. The minimum atomic E-state index is -0.155. The molecule has 3 N–H and O–H groups in total. The lowest BCUT2D eigenvalue weighted by Crippen LogP contribution is -2.45. The van der Waals surface area contributed by atoms with Crippen molar-refractivity contribution in [2.75, 3.05) is 11.9 Å². The second kappa shape index (κ2) is 5.25. The van der Waals surface area contributed by atoms with Gasteiger partial charge in [-0.3, -0.25) is 4.98 Å². The summed E-state index contributed by atoms with van der Waals surface area (Å²) in [6.45, 7) is 8.84. The Morgan fingerprint density at radius 2 is 1.94 bits per heavy atom. The number of nitrogens with zero attached hydrogens (tertiary/aromatic N) is 2. The van der Waals surface area contributed by atoms with Gasteiger partial charge >= 0.3 is 0 Å². The Morgan fingerprint density at radius 1 is 1.31 bits per heavy atom. The molecule has 0 atom stereocenters. The zero-order valence-electron chi connectivity index (χ0n) is 10.7. The number of nitrogens with one attached hydrogen (secondary N) is 1. The van der Waals surface area contributed by atoms with E-state index in [0.717, 1.165) is 36.6 Å². The summed E-state index contributed by atoms with van der Waals surface area (Å²) in [5.41, 5.74) is 7.90. The Bertz CT molecular complexity index is 345. The van der Waals surface area contributed by atoms with Crippen LogP contribution in [0.5, 0.6) is 0 Å². The molecule has 0 aliphatic rings. The molecule has 0 saturated heterocycles. The zero-order valence-corrected chi connectivity index (χ0v) is 10.7. The Labute approximate surface area is 97.7 Å². The van der Waals surface area contributed by atoms with E-state index in [-0.39, 0.29) is 5.54 Å². The van der Waals surface area contributed by atoms with Gasteiger partial charge in [0.1, 0.15) is 5.82 Å². The molecule has 0 aliphatic heterocycles. The van der Waals surface area contributed by atoms with Gasteiger partial charge in [-0.05, 0) is 26.7 Å². The summed E-state index contributed by atoms with van der Waals surface area (Å²) in [4.78, 5) is 8.68. The van der Waals surface area contributed by atoms with Gasteiger partial charge in [-0.1, -0.05) is 13.8 Å². The Balaban J connectivity index is 2.70. The van der Waals surface area contributed by atoms with E-state index < -0.39 is 0 Å². The van der Waals surface area contributed by atoms with Crippen molar-refractivity contribution in [2.24, 2.45) is 5.73 Å². The van der Waals surface area contributed by atoms with E-state index in [1.54, 1.807) is 6.20 Å². The lowest BCUT2D eigenvalue weighted by molar-refractivity contribution is 0.417. The van der Waals surface area contributed by atoms with Crippen molar-refractivity contribution >= 4 is 5.82 Å². The molecule has 1 aromatic heterocycles. The molecule has 0 spiro atoms. The molecule has 1 rings (SSSR count). The molecule has 0 unspecified atom stereocenters. The van der Waals surface area contributed by atoms with Gasteiger partial charge in [0, 0.05) is 18.3 Å². The van der Waals surface area contributed by atoms with Gasteiger partial charge in [-0.25, -0.2) is 4.98 Å². The minimum Gasteiger partial charge on any atom is -0.367 e. The third-order valence-corrected chi connectivity index (χ3v) is 3.09. The molecule has 0 saturated carbocycles. The molecule has 16 heavy (non-hydrogen) atoms. The van der Waals surface area contributed by atoms with Gasteiger partial charge in [-0.15, -0.1) is 0 Å². The van der Waals surface area contributed by atoms with Crippen LogP contribution < -0.4 is 11.1 Å². The molecule has 0 bridgehead atoms. The Morgan fingerprint density at radius 3 is 2.50 bits per heavy atom. The number of hydrogen-bond donors (Lipinski definition) is 2. The first-order chi connectivity index (χ1) is 7.50. The van der Waals surface area contributed by atoms with E-state index >= 15 is 0 Å². The van der Waals surface area contributed by atoms with Crippen LogP contribution in [0.4, 0.5) is 5.82 Å². The highest BCUT2D eigenvalue weighted by Crippen LogP contribution is 2.14. The average Bonchev–Trinajstić information content (AvgIpc) is 2.30. The van der Waals surface area contributed by atoms with Gasteiger partial charge < -0.3 is 11.1 Å². The van der Waals surface area contributed by atoms with Crippen molar-refractivity contribution in [3.8, 4) is 0 Å². The van der Waals surface area contributed by atoms with Crippen LogP contribution in [0.25, 0.3) is 0 Å². The molecular formula is C12H22N4. The maximum Gasteiger partial charge on any atom is 0.147 e. The van der Waals surface area contributed by atoms with Crippen LogP contribution in [0.3, 0.4) is 0 Å². The van der Waals surface area contributed by atoms with Crippen LogP contribution in [0.1, 0.15) is 38.1 Å². The third-order valence-electron chi connectivity index (χ3n) is 3.09. The van der Waals surface area contributed by atoms with Crippen LogP contribution in [-0.2, 0) is 0 Å². The number of rotatable bonds is 5. The average molecular weight is 222 g/mol. The highest BCUT2D eigenvalue weighted by molar-refractivity contribution is 5.40. The van der Waals surface area contributed by atoms with Gasteiger partial charge in [0.05, 0.1) is 11.4 Å². The molecule has 0 radical (unpaired) electrons. The molecular weight excluding hydrogens is 200 g/mol. The monoisotopic (exact) mass is 222 g/mol. The molecule has 1 aromatic rings. The van der Waals surface area contributed by atoms with Gasteiger partial charge in [0.2, 0.25) is 0 Å². The van der Waals surface area contributed by atoms with Crippen LogP contribution in [0.15, 0.2) is 6.20 Å². The smallest absolute Gasteiger partial charge is 0.147 e. The van der Waals surface area contributed by atoms with Crippen LogP contribution in [0, 0.1) is 13.8 Å². The van der Waals surface area contributed by atoms with Gasteiger partial charge in [0.15, 0.2) is 0 Å². The molecule has 90 valence electrons. The van der Waals surface area contributed by atoms with Crippen LogP contribution in [-0.4, -0.2) is 22.1 Å². The van der Waals surface area contributed by atoms with E-state index in [4.69, 9.17) is 5.73 Å². The molecule has 1 heterocycles. The van der Waals surface area contributed by atoms with Crippen molar-refractivity contribution in [1.29, 1.82) is 0 Å². The second-order valence-corrected chi connectivity index (χ2v) is 4.37. The standard InChI is InChI=1S/C12H22N4/c1-5-12(13,6-2)8-15-11-10(4)14-7-9(3)16-11/h7H,5-6,8,13H2,1-4H3,(H,15,16). The van der Waals surface area contributed by atoms with E-state index in [9.17, 15) is 0 Å². The molecule has 4 nitrogen and oxygen atoms in total. The SMILES string of the molecule is CCC(N)(CC)CNc1nc(C)cnc1C. The maximum absolute atomic E-state index is 6.22. The lowest BCUT2D eigenvalue weighted by atomic mass is 9.94. The largest absolute Gasteiger partial charge is 0.367 e. The summed E-state index contributed by atoms with van der Waals surface area (Å²) in [6, 6.07) is 0. The summed E-state index contributed by atoms with van der Waals surface area (Å²) in [5, 5.41) is 3.30. The van der Waals surface area contributed by atoms with Gasteiger partial charge in [-0.2, -0.15) is 0 Å². The molecule has 0 aromatic carbocycles. The summed E-state index contributed by atoms with van der Waals surface area (Å²) < 4.78 is 0. The normalized spacial score (nSPS) is 11.6. The first-order valence-electron chi connectivity index (χ1n) is 5.83. The molecule has 4 heteroatoms. The van der Waals surface area contributed by atoms with E-state index in [0.29, 0.717) is 0 Å². The summed E-state index contributed by atoms with van der Waals surface area (Å²) in [7, 11) is 0. The first kappa shape index (κ1) is 12.9. The highest BCUT2D eigenvalue weighted by Gasteiger charge is 2.20. The summed E-state index contributed by atoms with van der Waals surface area (Å²) >= 11 is 0. The molecule has 0 aliphatic carbocycles. The molecule has 0 amide bonds. The Kier molecular flexibility index (Phi) is 4.24. The Hall–Kier alpha value is -1.16. The number of nitrogens with two attached hydrogens (primary N) is 1. The summed E-state index contributed by atoms with van der Waals surface area (Å²) in [6.07, 6.45) is 3.68. The number of aryl methyl sites for hydroxylation is 2. The maximum atomic E-state index is 6.22. The number of anilines is 1. The fourth-order valence-electron chi connectivity index (χ4n) is 1.46. The first-order valence-corrected chi connectivity index (χ1v) is 5.83. The van der Waals surface area contributed by atoms with Crippen LogP contribution in [0.2, 0.25) is 0 Å². The van der Waals surface area contributed by atoms with Crippen molar-refractivity contribution < 1.29 is 0 Å². The van der Waals surface area contributed by atoms with E-state index in [1.165, 1.54) is 0 Å². The van der Waals surface area contributed by atoms with Crippen molar-refractivity contribution in [1.82, 2.24) is 9.97 Å². The van der Waals surface area contributed by atoms with Crippen molar-refractivity contribution in [3.05, 3.63) is 17.6 Å². The quantitative estimate of drug-likeness (QED) is 0.800. The lowest BCUT2D eigenvalue weighted by Gasteiger charge is -2.27. The zero-order chi connectivity index (χ0) is 12.2. The van der Waals surface area contributed by atoms with Crippen molar-refractivity contribution in [2.45, 2.75) is 46.1 Å². The predicted octanol–water partition coefficient (Wildman–Crippen LogP) is 2.02. The molecule has 0 fully saturated rings. The van der Waals surface area contributed by atoms with Gasteiger partial charge in [0.25, 0.3) is 0 Å². The van der Waals surface area contributed by atoms with Crippen molar-refractivity contribution in [3.63, 3.8) is 0 Å². The van der Waals surface area contributed by atoms with Crippen LogP contribution >= 0.6 is 0 Å². The second-order valence-electron chi connectivity index (χ2n) is 4.37. The fourth-order valence-corrected chi connectivity index (χ4v) is 1.46. The highest BCUT2D eigenvalue weighted by atomic mass is 15.0. The number of aromatic nitrogens is 2. The van der Waals surface area contributed by atoms with E-state index in [2.05, 4.69) is 29.1 Å². The summed E-state index contributed by atoms with van der Waals surface area (Å²) in [5.74, 6) is 0.844. The fraction of sp³-hybridized carbons (Fsp3) is 0.667. The predicted molar refractivity (Wildman–Crippen MR) is 67.5 cm³/mol. The minimum absolute atomic E-state index is 0.155. The topological polar surface area (TPSA) is 63.8 Å².